The van der Waals surface area contributed by atoms with Crippen molar-refractivity contribution in [2.75, 3.05) is 0 Å². The molecule has 4 rings (SSSR count). The Kier molecular flexibility index (Phi) is 5.60. The fourth-order valence-corrected chi connectivity index (χ4v) is 8.58. The van der Waals surface area contributed by atoms with Crippen LogP contribution in [0.2, 0.25) is 0 Å². The van der Waals surface area contributed by atoms with Crippen LogP contribution in [0.4, 0.5) is 0 Å². The molecular weight excluding hydrogens is 340 g/mol. The zero-order valence-electron chi connectivity index (χ0n) is 19.2. The molecule has 4 aliphatic carbocycles. The minimum Gasteiger partial charge on any atom is -0.295 e. The van der Waals surface area contributed by atoms with Crippen LogP contribution in [0.1, 0.15) is 105 Å². The molecule has 0 bridgehead atoms. The average molecular weight is 385 g/mol. The molecule has 0 unspecified atom stereocenters. The third-order valence-electron chi connectivity index (χ3n) is 10.2. The van der Waals surface area contributed by atoms with Gasteiger partial charge in [0.1, 0.15) is 0 Å². The second-order valence-electron chi connectivity index (χ2n) is 12.0. The first kappa shape index (κ1) is 20.7. The number of allylic oxidation sites excluding steroid dienone is 1. The molecule has 4 aliphatic rings. The summed E-state index contributed by atoms with van der Waals surface area (Å²) in [4.78, 5) is 12.0. The summed E-state index contributed by atoms with van der Waals surface area (Å²) in [6.07, 6.45) is 16.6. The van der Waals surface area contributed by atoms with Crippen LogP contribution in [0.3, 0.4) is 0 Å². The van der Waals surface area contributed by atoms with E-state index in [0.717, 1.165) is 48.3 Å². The molecule has 0 N–H and O–H groups in total. The lowest BCUT2D eigenvalue weighted by atomic mass is 9.46. The molecule has 1 heteroatoms. The average Bonchev–Trinajstić information content (AvgIpc) is 2.99. The molecule has 3 saturated carbocycles. The predicted octanol–water partition coefficient (Wildman–Crippen LogP) is 7.60. The first-order valence-corrected chi connectivity index (χ1v) is 12.5. The van der Waals surface area contributed by atoms with E-state index in [9.17, 15) is 4.79 Å². The Labute approximate surface area is 174 Å². The van der Waals surface area contributed by atoms with Crippen LogP contribution in [0.5, 0.6) is 0 Å². The van der Waals surface area contributed by atoms with E-state index in [0.29, 0.717) is 16.6 Å². The molecule has 0 amide bonds. The highest BCUT2D eigenvalue weighted by molar-refractivity contribution is 5.91. The second kappa shape index (κ2) is 7.59. The highest BCUT2D eigenvalue weighted by Gasteiger charge is 2.59. The third kappa shape index (κ3) is 3.33. The molecule has 0 aromatic heterocycles. The molecule has 0 saturated heterocycles. The molecule has 3 fully saturated rings. The number of hydrogen-bond donors (Lipinski definition) is 0. The number of rotatable bonds is 5. The summed E-state index contributed by atoms with van der Waals surface area (Å²) in [5.74, 6) is 5.79. The molecule has 7 atom stereocenters. The Hall–Kier alpha value is -0.590. The van der Waals surface area contributed by atoms with Gasteiger partial charge >= 0.3 is 0 Å². The number of carbonyl (C=O) groups is 1. The second-order valence-corrected chi connectivity index (χ2v) is 12.0. The van der Waals surface area contributed by atoms with Crippen molar-refractivity contribution in [1.82, 2.24) is 0 Å². The zero-order valence-corrected chi connectivity index (χ0v) is 19.2. The van der Waals surface area contributed by atoms with Crippen molar-refractivity contribution in [3.8, 4) is 0 Å². The van der Waals surface area contributed by atoms with Crippen molar-refractivity contribution < 1.29 is 4.79 Å². The van der Waals surface area contributed by atoms with Gasteiger partial charge in [0, 0.05) is 6.42 Å². The van der Waals surface area contributed by atoms with Crippen molar-refractivity contribution in [2.24, 2.45) is 46.3 Å². The predicted molar refractivity (Wildman–Crippen MR) is 118 cm³/mol. The largest absolute Gasteiger partial charge is 0.295 e. The van der Waals surface area contributed by atoms with Crippen molar-refractivity contribution in [1.29, 1.82) is 0 Å². The summed E-state index contributed by atoms with van der Waals surface area (Å²) >= 11 is 0. The van der Waals surface area contributed by atoms with Gasteiger partial charge in [0.15, 0.2) is 5.78 Å². The van der Waals surface area contributed by atoms with Gasteiger partial charge in [0.2, 0.25) is 0 Å². The third-order valence-corrected chi connectivity index (χ3v) is 10.2. The molecule has 0 aliphatic heterocycles. The zero-order chi connectivity index (χ0) is 20.1. The summed E-state index contributed by atoms with van der Waals surface area (Å²) in [5, 5.41) is 0. The molecule has 0 spiro atoms. The fraction of sp³-hybridized carbons (Fsp3) is 0.889. The minimum absolute atomic E-state index is 0.332. The summed E-state index contributed by atoms with van der Waals surface area (Å²) in [5.41, 5.74) is 2.43. The maximum atomic E-state index is 12.0. The lowest BCUT2D eigenvalue weighted by Gasteiger charge is -2.58. The molecule has 0 radical (unpaired) electrons. The van der Waals surface area contributed by atoms with E-state index in [2.05, 4.69) is 40.7 Å². The fourth-order valence-electron chi connectivity index (χ4n) is 8.58. The van der Waals surface area contributed by atoms with Crippen LogP contribution < -0.4 is 0 Å². The van der Waals surface area contributed by atoms with Crippen LogP contribution in [0.25, 0.3) is 0 Å². The number of ketones is 1. The van der Waals surface area contributed by atoms with E-state index in [1.165, 1.54) is 63.4 Å². The Morgan fingerprint density at radius 3 is 2.50 bits per heavy atom. The van der Waals surface area contributed by atoms with Gasteiger partial charge in [-0.2, -0.15) is 0 Å². The maximum absolute atomic E-state index is 12.0. The highest BCUT2D eigenvalue weighted by atomic mass is 16.1. The molecular formula is C27H44O. The number of carbonyl (C=O) groups excluding carboxylic acids is 1. The van der Waals surface area contributed by atoms with E-state index < -0.39 is 0 Å². The molecule has 0 aromatic rings. The summed E-state index contributed by atoms with van der Waals surface area (Å²) in [6.45, 7) is 12.5. The molecule has 0 heterocycles. The maximum Gasteiger partial charge on any atom is 0.155 e. The van der Waals surface area contributed by atoms with Gasteiger partial charge in [0.25, 0.3) is 0 Å². The molecule has 28 heavy (non-hydrogen) atoms. The van der Waals surface area contributed by atoms with Crippen LogP contribution in [-0.4, -0.2) is 5.78 Å². The Morgan fingerprint density at radius 2 is 1.75 bits per heavy atom. The van der Waals surface area contributed by atoms with E-state index in [4.69, 9.17) is 0 Å². The Balaban J connectivity index is 1.49. The summed E-state index contributed by atoms with van der Waals surface area (Å²) in [7, 11) is 0. The lowest BCUT2D eigenvalue weighted by molar-refractivity contribution is -0.117. The smallest absolute Gasteiger partial charge is 0.155 e. The van der Waals surface area contributed by atoms with E-state index in [1.807, 2.05) is 0 Å². The van der Waals surface area contributed by atoms with Gasteiger partial charge in [-0.3, -0.25) is 4.79 Å². The summed E-state index contributed by atoms with van der Waals surface area (Å²) in [6, 6.07) is 0. The van der Waals surface area contributed by atoms with Crippen LogP contribution in [0.15, 0.2) is 11.6 Å². The lowest BCUT2D eigenvalue weighted by Crippen LogP contribution is -2.50. The van der Waals surface area contributed by atoms with Gasteiger partial charge < -0.3 is 0 Å². The molecule has 158 valence electrons. The van der Waals surface area contributed by atoms with E-state index in [-0.39, 0.29) is 0 Å². The van der Waals surface area contributed by atoms with E-state index in [1.54, 1.807) is 0 Å². The molecule has 1 nitrogen and oxygen atoms in total. The van der Waals surface area contributed by atoms with Gasteiger partial charge in [-0.1, -0.05) is 59.5 Å². The highest BCUT2D eigenvalue weighted by Crippen LogP contribution is 2.67. The minimum atomic E-state index is 0.332. The SMILES string of the molecule is CC(C)CCC[C@@H](C)[C@@H]1CC[C@@H]2[C@@H]3CCC4=CC(=O)CC[C@@]4(C)[C@@H]3CC[C@@]21C. The first-order valence-electron chi connectivity index (χ1n) is 12.5. The van der Waals surface area contributed by atoms with Crippen LogP contribution >= 0.6 is 0 Å². The van der Waals surface area contributed by atoms with E-state index >= 15 is 0 Å². The number of fused-ring (bicyclic) bond motifs is 5. The summed E-state index contributed by atoms with van der Waals surface area (Å²) < 4.78 is 0. The van der Waals surface area contributed by atoms with Crippen LogP contribution in [0, 0.1) is 46.3 Å². The van der Waals surface area contributed by atoms with Crippen LogP contribution in [-0.2, 0) is 4.79 Å². The van der Waals surface area contributed by atoms with Gasteiger partial charge in [-0.15, -0.1) is 0 Å². The van der Waals surface area contributed by atoms with Gasteiger partial charge in [-0.25, -0.2) is 0 Å². The quantitative estimate of drug-likeness (QED) is 0.477. The van der Waals surface area contributed by atoms with Gasteiger partial charge in [0.05, 0.1) is 0 Å². The van der Waals surface area contributed by atoms with Crippen molar-refractivity contribution in [3.05, 3.63) is 11.6 Å². The van der Waals surface area contributed by atoms with Crippen molar-refractivity contribution >= 4 is 5.78 Å². The molecule has 0 aromatic carbocycles. The van der Waals surface area contributed by atoms with Gasteiger partial charge in [-0.05, 0) is 97.4 Å². The van der Waals surface area contributed by atoms with Crippen molar-refractivity contribution in [3.63, 3.8) is 0 Å². The first-order chi connectivity index (χ1) is 13.3. The normalized spacial score (nSPS) is 43.9. The monoisotopic (exact) mass is 384 g/mol. The number of hydrogen-bond acceptors (Lipinski definition) is 1. The Bertz CT molecular complexity index is 630. The standard InChI is InChI=1S/C27H44O/c1-18(2)7-6-8-19(3)23-11-12-24-22-10-9-20-17-21(28)13-15-26(20,4)25(22)14-16-27(23,24)5/h17-19,22-25H,6-16H2,1-5H3/t19-,22+,23+,24-,25-,26-,27-/m1/s1. The Morgan fingerprint density at radius 1 is 0.964 bits per heavy atom. The van der Waals surface area contributed by atoms with Crippen molar-refractivity contribution in [2.45, 2.75) is 105 Å². The topological polar surface area (TPSA) is 17.1 Å².